The summed E-state index contributed by atoms with van der Waals surface area (Å²) in [7, 11) is 0. The number of anilines is 1. The maximum absolute atomic E-state index is 11.4. The van der Waals surface area contributed by atoms with Crippen LogP contribution in [0, 0.1) is 6.92 Å². The third-order valence-electron chi connectivity index (χ3n) is 4.08. The van der Waals surface area contributed by atoms with Crippen molar-refractivity contribution in [1.82, 2.24) is 9.97 Å². The number of aromatic nitrogens is 2. The summed E-state index contributed by atoms with van der Waals surface area (Å²) < 4.78 is 0. The Hall–Kier alpha value is -2.62. The zero-order valence-corrected chi connectivity index (χ0v) is 11.7. The Morgan fingerprint density at radius 3 is 3.00 bits per heavy atom. The number of carbonyl (C=O) groups is 1. The molecule has 0 saturated carbocycles. The van der Waals surface area contributed by atoms with Crippen molar-refractivity contribution in [3.05, 3.63) is 47.8 Å². The van der Waals surface area contributed by atoms with Gasteiger partial charge in [0.2, 0.25) is 5.91 Å². The van der Waals surface area contributed by atoms with Gasteiger partial charge in [0, 0.05) is 29.9 Å². The number of hydrogen-bond acceptors (Lipinski definition) is 2. The lowest BCUT2D eigenvalue weighted by atomic mass is 9.95. The highest BCUT2D eigenvalue weighted by Gasteiger charge is 2.16. The fraction of sp³-hybridized carbons (Fsp3) is 0.176. The van der Waals surface area contributed by atoms with E-state index in [1.807, 2.05) is 24.5 Å². The molecule has 3 aromatic rings. The minimum Gasteiger partial charge on any atom is -0.346 e. The van der Waals surface area contributed by atoms with Gasteiger partial charge in [-0.1, -0.05) is 6.07 Å². The molecule has 4 rings (SSSR count). The summed E-state index contributed by atoms with van der Waals surface area (Å²) in [4.78, 5) is 19.0. The Kier molecular flexibility index (Phi) is 2.57. The molecule has 0 spiro atoms. The maximum atomic E-state index is 11.4. The molecule has 1 aliphatic rings. The lowest BCUT2D eigenvalue weighted by Gasteiger charge is -2.18. The number of rotatable bonds is 1. The Balaban J connectivity index is 1.89. The molecule has 1 amide bonds. The van der Waals surface area contributed by atoms with Crippen molar-refractivity contribution in [3.8, 4) is 11.1 Å². The van der Waals surface area contributed by atoms with Gasteiger partial charge in [-0.05, 0) is 53.8 Å². The van der Waals surface area contributed by atoms with E-state index in [-0.39, 0.29) is 5.91 Å². The monoisotopic (exact) mass is 277 g/mol. The number of amides is 1. The van der Waals surface area contributed by atoms with Crippen molar-refractivity contribution in [3.63, 3.8) is 0 Å². The molecule has 1 aromatic carbocycles. The Morgan fingerprint density at radius 2 is 2.10 bits per heavy atom. The average Bonchev–Trinajstić information content (AvgIpc) is 2.88. The molecule has 21 heavy (non-hydrogen) atoms. The highest BCUT2D eigenvalue weighted by atomic mass is 16.1. The summed E-state index contributed by atoms with van der Waals surface area (Å²) in [6.07, 6.45) is 5.18. The van der Waals surface area contributed by atoms with Crippen LogP contribution in [0.5, 0.6) is 0 Å². The Bertz CT molecular complexity index is 864. The van der Waals surface area contributed by atoms with Gasteiger partial charge in [0.25, 0.3) is 0 Å². The molecule has 3 heterocycles. The second-order valence-corrected chi connectivity index (χ2v) is 5.47. The van der Waals surface area contributed by atoms with E-state index in [1.165, 1.54) is 22.3 Å². The molecular weight excluding hydrogens is 262 g/mol. The molecule has 2 N–H and O–H groups in total. The predicted octanol–water partition coefficient (Wildman–Crippen LogP) is 3.42. The first-order chi connectivity index (χ1) is 10.2. The smallest absolute Gasteiger partial charge is 0.224 e. The summed E-state index contributed by atoms with van der Waals surface area (Å²) >= 11 is 0. The van der Waals surface area contributed by atoms with Crippen LogP contribution in [0.25, 0.3) is 22.2 Å². The lowest BCUT2D eigenvalue weighted by molar-refractivity contribution is -0.116. The first kappa shape index (κ1) is 12.1. The summed E-state index contributed by atoms with van der Waals surface area (Å²) in [6.45, 7) is 2.09. The topological polar surface area (TPSA) is 57.8 Å². The summed E-state index contributed by atoms with van der Waals surface area (Å²) in [5, 5.41) is 4.09. The molecule has 0 unspecified atom stereocenters. The van der Waals surface area contributed by atoms with Crippen LogP contribution in [0.4, 0.5) is 5.69 Å². The molecule has 0 atom stereocenters. The number of carbonyl (C=O) groups excluding carboxylic acids is 1. The van der Waals surface area contributed by atoms with Gasteiger partial charge in [-0.2, -0.15) is 0 Å². The highest BCUT2D eigenvalue weighted by Crippen LogP contribution is 2.33. The van der Waals surface area contributed by atoms with Crippen LogP contribution in [0.15, 0.2) is 36.7 Å². The number of aromatic amines is 1. The number of nitrogens with one attached hydrogen (secondary N) is 2. The van der Waals surface area contributed by atoms with Crippen molar-refractivity contribution in [2.24, 2.45) is 0 Å². The van der Waals surface area contributed by atoms with E-state index >= 15 is 0 Å². The number of benzene rings is 1. The Labute approximate surface area is 122 Å². The van der Waals surface area contributed by atoms with E-state index < -0.39 is 0 Å². The standard InChI is InChI=1S/C17H15N3O/c1-10-9-19-17-16(10)13(6-7-18-17)11-2-4-14-12(8-11)3-5-15(21)20-14/h2,4,6-9H,3,5H2,1H3,(H,18,19)(H,20,21). The zero-order valence-electron chi connectivity index (χ0n) is 11.7. The quantitative estimate of drug-likeness (QED) is 0.716. The number of hydrogen-bond donors (Lipinski definition) is 2. The first-order valence-corrected chi connectivity index (χ1v) is 7.08. The molecule has 0 aliphatic carbocycles. The molecule has 4 heteroatoms. The molecule has 0 saturated heterocycles. The van der Waals surface area contributed by atoms with Crippen molar-refractivity contribution < 1.29 is 4.79 Å². The number of fused-ring (bicyclic) bond motifs is 2. The fourth-order valence-electron chi connectivity index (χ4n) is 3.01. The van der Waals surface area contributed by atoms with E-state index in [9.17, 15) is 4.79 Å². The van der Waals surface area contributed by atoms with Crippen LogP contribution >= 0.6 is 0 Å². The van der Waals surface area contributed by atoms with Crippen LogP contribution in [0.1, 0.15) is 17.5 Å². The largest absolute Gasteiger partial charge is 0.346 e. The van der Waals surface area contributed by atoms with Crippen LogP contribution in [-0.2, 0) is 11.2 Å². The third-order valence-corrected chi connectivity index (χ3v) is 4.08. The first-order valence-electron chi connectivity index (χ1n) is 7.08. The minimum absolute atomic E-state index is 0.100. The predicted molar refractivity (Wildman–Crippen MR) is 83.2 cm³/mol. The average molecular weight is 277 g/mol. The molecule has 0 bridgehead atoms. The van der Waals surface area contributed by atoms with Crippen LogP contribution < -0.4 is 5.32 Å². The number of pyridine rings is 1. The van der Waals surface area contributed by atoms with Gasteiger partial charge in [0.05, 0.1) is 0 Å². The summed E-state index contributed by atoms with van der Waals surface area (Å²) in [5.74, 6) is 0.100. The molecule has 4 nitrogen and oxygen atoms in total. The van der Waals surface area contributed by atoms with E-state index in [0.717, 1.165) is 23.1 Å². The number of aryl methyl sites for hydroxylation is 2. The van der Waals surface area contributed by atoms with Crippen molar-refractivity contribution in [2.45, 2.75) is 19.8 Å². The van der Waals surface area contributed by atoms with Crippen LogP contribution in [0.2, 0.25) is 0 Å². The molecule has 0 fully saturated rings. The molecule has 0 radical (unpaired) electrons. The second-order valence-electron chi connectivity index (χ2n) is 5.47. The van der Waals surface area contributed by atoms with E-state index in [1.54, 1.807) is 0 Å². The van der Waals surface area contributed by atoms with Gasteiger partial charge >= 0.3 is 0 Å². The molecule has 1 aliphatic heterocycles. The van der Waals surface area contributed by atoms with E-state index in [2.05, 4.69) is 34.3 Å². The van der Waals surface area contributed by atoms with Gasteiger partial charge in [-0.15, -0.1) is 0 Å². The van der Waals surface area contributed by atoms with Gasteiger partial charge < -0.3 is 10.3 Å². The van der Waals surface area contributed by atoms with Crippen molar-refractivity contribution in [1.29, 1.82) is 0 Å². The SMILES string of the molecule is Cc1c[nH]c2nccc(-c3ccc4c(c3)CCC(=O)N4)c12. The van der Waals surface area contributed by atoms with Gasteiger partial charge in [0.15, 0.2) is 0 Å². The third kappa shape index (κ3) is 1.91. The van der Waals surface area contributed by atoms with Gasteiger partial charge in [-0.3, -0.25) is 4.79 Å². The van der Waals surface area contributed by atoms with Crippen LogP contribution in [-0.4, -0.2) is 15.9 Å². The van der Waals surface area contributed by atoms with Crippen LogP contribution in [0.3, 0.4) is 0 Å². The van der Waals surface area contributed by atoms with Crippen molar-refractivity contribution >= 4 is 22.6 Å². The van der Waals surface area contributed by atoms with Crippen molar-refractivity contribution in [2.75, 3.05) is 5.32 Å². The molecule has 2 aromatic heterocycles. The maximum Gasteiger partial charge on any atom is 0.224 e. The Morgan fingerprint density at radius 1 is 1.19 bits per heavy atom. The lowest BCUT2D eigenvalue weighted by Crippen LogP contribution is -2.18. The summed E-state index contributed by atoms with van der Waals surface area (Å²) in [5.41, 5.74) is 6.59. The van der Waals surface area contributed by atoms with E-state index in [0.29, 0.717) is 6.42 Å². The minimum atomic E-state index is 0.100. The molecule has 104 valence electrons. The van der Waals surface area contributed by atoms with E-state index in [4.69, 9.17) is 0 Å². The number of nitrogens with zero attached hydrogens (tertiary/aromatic N) is 1. The van der Waals surface area contributed by atoms with Gasteiger partial charge in [-0.25, -0.2) is 4.98 Å². The normalized spacial score (nSPS) is 14.0. The number of H-pyrrole nitrogens is 1. The zero-order chi connectivity index (χ0) is 14.4. The highest BCUT2D eigenvalue weighted by molar-refractivity contribution is 5.97. The van der Waals surface area contributed by atoms with Gasteiger partial charge in [0.1, 0.15) is 5.65 Å². The molecular formula is C17H15N3O. The second kappa shape index (κ2) is 4.45. The fourth-order valence-corrected chi connectivity index (χ4v) is 3.01. The summed E-state index contributed by atoms with van der Waals surface area (Å²) in [6, 6.07) is 8.28.